The van der Waals surface area contributed by atoms with Crippen molar-refractivity contribution in [1.29, 1.82) is 0 Å². The summed E-state index contributed by atoms with van der Waals surface area (Å²) in [5.41, 5.74) is 3.76. The monoisotopic (exact) mass is 327 g/mol. The molecule has 2 nitrogen and oxygen atoms in total. The van der Waals surface area contributed by atoms with Crippen molar-refractivity contribution in [3.05, 3.63) is 108 Å². The van der Waals surface area contributed by atoms with Crippen LogP contribution in [0.15, 0.2) is 91.0 Å². The van der Waals surface area contributed by atoms with Crippen LogP contribution in [0.3, 0.4) is 0 Å². The van der Waals surface area contributed by atoms with Gasteiger partial charge in [0.2, 0.25) is 0 Å². The second-order valence-corrected chi connectivity index (χ2v) is 5.98. The predicted octanol–water partition coefficient (Wildman–Crippen LogP) is 4.89. The van der Waals surface area contributed by atoms with Crippen molar-refractivity contribution < 1.29 is 4.79 Å². The molecule has 0 saturated heterocycles. The van der Waals surface area contributed by atoms with Gasteiger partial charge < -0.3 is 4.90 Å². The van der Waals surface area contributed by atoms with Crippen LogP contribution in [0.4, 0.5) is 0 Å². The molecule has 0 aliphatic rings. The average molecular weight is 327 g/mol. The summed E-state index contributed by atoms with van der Waals surface area (Å²) in [6.45, 7) is 0.582. The highest BCUT2D eigenvalue weighted by Gasteiger charge is 2.16. The molecule has 3 aromatic carbocycles. The Morgan fingerprint density at radius 2 is 1.32 bits per heavy atom. The van der Waals surface area contributed by atoms with Gasteiger partial charge in [-0.25, -0.2) is 0 Å². The van der Waals surface area contributed by atoms with Gasteiger partial charge >= 0.3 is 0 Å². The highest BCUT2D eigenvalue weighted by molar-refractivity contribution is 6.24. The van der Waals surface area contributed by atoms with Gasteiger partial charge in [-0.3, -0.25) is 4.79 Å². The summed E-state index contributed by atoms with van der Waals surface area (Å²) < 4.78 is 0. The number of carbonyl (C=O) groups excluding carboxylic acids is 1. The number of likely N-dealkylation sites (N-methyl/N-ethyl adjacent to an activating group) is 1. The molecule has 25 heavy (non-hydrogen) atoms. The van der Waals surface area contributed by atoms with E-state index in [1.165, 1.54) is 0 Å². The maximum Gasteiger partial charge on any atom is 0.254 e. The van der Waals surface area contributed by atoms with Crippen LogP contribution in [0.1, 0.15) is 16.7 Å². The van der Waals surface area contributed by atoms with Crippen LogP contribution in [0.2, 0.25) is 0 Å². The van der Waals surface area contributed by atoms with Gasteiger partial charge in [0.1, 0.15) is 0 Å². The zero-order chi connectivity index (χ0) is 17.5. The number of amides is 1. The Morgan fingerprint density at radius 1 is 0.800 bits per heavy atom. The zero-order valence-electron chi connectivity index (χ0n) is 14.3. The molecule has 1 amide bonds. The number of benzene rings is 3. The first kappa shape index (κ1) is 16.7. The average Bonchev–Trinajstić information content (AvgIpc) is 2.68. The Kier molecular flexibility index (Phi) is 5.43. The molecule has 0 bridgehead atoms. The molecular weight excluding hydrogens is 306 g/mol. The van der Waals surface area contributed by atoms with Gasteiger partial charge in [0.05, 0.1) is 0 Å². The minimum Gasteiger partial charge on any atom is -0.337 e. The quantitative estimate of drug-likeness (QED) is 0.483. The van der Waals surface area contributed by atoms with Gasteiger partial charge in [-0.15, -0.1) is 0 Å². The second kappa shape index (κ2) is 8.11. The number of rotatable bonds is 5. The molecule has 124 valence electrons. The van der Waals surface area contributed by atoms with Crippen LogP contribution in [0.25, 0.3) is 11.6 Å². The van der Waals surface area contributed by atoms with Crippen molar-refractivity contribution in [3.8, 4) is 0 Å². The molecule has 0 radical (unpaired) electrons. The first-order valence-corrected chi connectivity index (χ1v) is 8.35. The normalized spacial score (nSPS) is 11.2. The van der Waals surface area contributed by atoms with Crippen LogP contribution in [0.5, 0.6) is 0 Å². The van der Waals surface area contributed by atoms with E-state index in [0.717, 1.165) is 16.7 Å². The fourth-order valence-electron chi connectivity index (χ4n) is 2.74. The van der Waals surface area contributed by atoms with Crippen LogP contribution >= 0.6 is 0 Å². The molecule has 0 unspecified atom stereocenters. The first-order valence-electron chi connectivity index (χ1n) is 8.35. The number of nitrogens with zero attached hydrogens (tertiary/aromatic N) is 1. The van der Waals surface area contributed by atoms with Crippen LogP contribution < -0.4 is 0 Å². The molecule has 0 heterocycles. The Bertz CT molecular complexity index is 839. The molecule has 0 aliphatic carbocycles. The Balaban J connectivity index is 1.91. The van der Waals surface area contributed by atoms with Crippen molar-refractivity contribution in [2.45, 2.75) is 6.54 Å². The summed E-state index contributed by atoms with van der Waals surface area (Å²) in [6, 6.07) is 29.8. The predicted molar refractivity (Wildman–Crippen MR) is 104 cm³/mol. The SMILES string of the molecule is CN(Cc1ccccc1)C(=O)C(=Cc1ccccc1)c1ccccc1. The molecule has 3 rings (SSSR count). The molecule has 3 aromatic rings. The molecule has 2 heteroatoms. The summed E-state index contributed by atoms with van der Waals surface area (Å²) in [4.78, 5) is 14.9. The summed E-state index contributed by atoms with van der Waals surface area (Å²) in [6.07, 6.45) is 1.96. The highest BCUT2D eigenvalue weighted by Crippen LogP contribution is 2.21. The van der Waals surface area contributed by atoms with E-state index >= 15 is 0 Å². The van der Waals surface area contributed by atoms with Gasteiger partial charge in [0.25, 0.3) is 5.91 Å². The van der Waals surface area contributed by atoms with Crippen molar-refractivity contribution in [1.82, 2.24) is 4.90 Å². The van der Waals surface area contributed by atoms with Gasteiger partial charge in [-0.2, -0.15) is 0 Å². The highest BCUT2D eigenvalue weighted by atomic mass is 16.2. The lowest BCUT2D eigenvalue weighted by atomic mass is 10.0. The van der Waals surface area contributed by atoms with E-state index in [9.17, 15) is 4.79 Å². The molecular formula is C23H21NO. The van der Waals surface area contributed by atoms with E-state index in [1.54, 1.807) is 4.90 Å². The Labute approximate surface area is 149 Å². The molecule has 0 saturated carbocycles. The van der Waals surface area contributed by atoms with Gasteiger partial charge in [0.15, 0.2) is 0 Å². The third kappa shape index (κ3) is 4.45. The number of hydrogen-bond acceptors (Lipinski definition) is 1. The summed E-state index contributed by atoms with van der Waals surface area (Å²) >= 11 is 0. The van der Waals surface area contributed by atoms with Crippen LogP contribution in [-0.4, -0.2) is 17.9 Å². The van der Waals surface area contributed by atoms with E-state index in [0.29, 0.717) is 12.1 Å². The Morgan fingerprint density at radius 3 is 1.92 bits per heavy atom. The summed E-state index contributed by atoms with van der Waals surface area (Å²) in [7, 11) is 1.84. The van der Waals surface area contributed by atoms with Crippen molar-refractivity contribution >= 4 is 17.6 Å². The fraction of sp³-hybridized carbons (Fsp3) is 0.0870. The van der Waals surface area contributed by atoms with Crippen molar-refractivity contribution in [2.75, 3.05) is 7.05 Å². The van der Waals surface area contributed by atoms with E-state index in [-0.39, 0.29) is 5.91 Å². The van der Waals surface area contributed by atoms with Gasteiger partial charge in [-0.1, -0.05) is 91.0 Å². The van der Waals surface area contributed by atoms with E-state index in [1.807, 2.05) is 104 Å². The first-order chi connectivity index (χ1) is 12.2. The topological polar surface area (TPSA) is 20.3 Å². The molecule has 0 atom stereocenters. The molecule has 0 N–H and O–H groups in total. The summed E-state index contributed by atoms with van der Waals surface area (Å²) in [5, 5.41) is 0. The second-order valence-electron chi connectivity index (χ2n) is 5.98. The molecule has 0 spiro atoms. The van der Waals surface area contributed by atoms with E-state index in [2.05, 4.69) is 0 Å². The molecule has 0 aromatic heterocycles. The number of carbonyl (C=O) groups is 1. The standard InChI is InChI=1S/C23H21NO/c1-24(18-20-13-7-3-8-14-20)23(25)22(21-15-9-4-10-16-21)17-19-11-5-2-6-12-19/h2-17H,18H2,1H3. The lowest BCUT2D eigenvalue weighted by molar-refractivity contribution is -0.124. The van der Waals surface area contributed by atoms with Gasteiger partial charge in [0, 0.05) is 19.2 Å². The third-order valence-corrected chi connectivity index (χ3v) is 4.04. The zero-order valence-corrected chi connectivity index (χ0v) is 14.3. The molecule has 0 fully saturated rings. The third-order valence-electron chi connectivity index (χ3n) is 4.04. The van der Waals surface area contributed by atoms with Crippen molar-refractivity contribution in [2.24, 2.45) is 0 Å². The molecule has 0 aliphatic heterocycles. The summed E-state index contributed by atoms with van der Waals surface area (Å²) in [5.74, 6) is 0.0129. The largest absolute Gasteiger partial charge is 0.337 e. The maximum atomic E-state index is 13.1. The van der Waals surface area contributed by atoms with Crippen LogP contribution in [-0.2, 0) is 11.3 Å². The minimum atomic E-state index is 0.0129. The Hall–Kier alpha value is -3.13. The van der Waals surface area contributed by atoms with E-state index < -0.39 is 0 Å². The van der Waals surface area contributed by atoms with Gasteiger partial charge in [-0.05, 0) is 22.8 Å². The fourth-order valence-corrected chi connectivity index (χ4v) is 2.74. The minimum absolute atomic E-state index is 0.0129. The lowest BCUT2D eigenvalue weighted by Gasteiger charge is -2.19. The lowest BCUT2D eigenvalue weighted by Crippen LogP contribution is -2.27. The number of hydrogen-bond donors (Lipinski definition) is 0. The smallest absolute Gasteiger partial charge is 0.254 e. The van der Waals surface area contributed by atoms with Crippen molar-refractivity contribution in [3.63, 3.8) is 0 Å². The van der Waals surface area contributed by atoms with E-state index in [4.69, 9.17) is 0 Å². The maximum absolute atomic E-state index is 13.1. The van der Waals surface area contributed by atoms with Crippen LogP contribution in [0, 0.1) is 0 Å².